The molecule has 0 saturated heterocycles. The fourth-order valence-corrected chi connectivity index (χ4v) is 2.08. The second kappa shape index (κ2) is 9.91. The number of nitrogens with zero attached hydrogens (tertiary/aromatic N) is 1. The van der Waals surface area contributed by atoms with E-state index < -0.39 is 0 Å². The molecule has 0 atom stereocenters. The smallest absolute Gasteiger partial charge is 0.307 e. The van der Waals surface area contributed by atoms with Crippen molar-refractivity contribution in [3.8, 4) is 5.75 Å². The largest absolute Gasteiger partial charge is 0.488 e. The molecule has 0 unspecified atom stereocenters. The average Bonchev–Trinajstić information content (AvgIpc) is 2.49. The van der Waals surface area contributed by atoms with E-state index in [0.717, 1.165) is 11.3 Å². The SMILES string of the molecule is CN=C(NCCC(=O)OC(C)C)NCc1ccccc1OC(C)(C)C. The predicted molar refractivity (Wildman–Crippen MR) is 101 cm³/mol. The number of esters is 1. The van der Waals surface area contributed by atoms with Crippen molar-refractivity contribution in [2.24, 2.45) is 4.99 Å². The van der Waals surface area contributed by atoms with E-state index in [4.69, 9.17) is 9.47 Å². The lowest BCUT2D eigenvalue weighted by atomic mass is 10.1. The topological polar surface area (TPSA) is 72.0 Å². The van der Waals surface area contributed by atoms with Crippen LogP contribution >= 0.6 is 0 Å². The molecular formula is C19H31N3O3. The van der Waals surface area contributed by atoms with Crippen LogP contribution in [0.2, 0.25) is 0 Å². The van der Waals surface area contributed by atoms with E-state index in [1.165, 1.54) is 0 Å². The maximum atomic E-state index is 11.5. The third kappa shape index (κ3) is 8.98. The van der Waals surface area contributed by atoms with Gasteiger partial charge in [0.05, 0.1) is 12.5 Å². The molecular weight excluding hydrogens is 318 g/mol. The molecule has 1 aromatic carbocycles. The number of ether oxygens (including phenoxy) is 2. The number of aliphatic imine (C=N–C) groups is 1. The summed E-state index contributed by atoms with van der Waals surface area (Å²) in [6.07, 6.45) is 0.201. The molecule has 0 heterocycles. The summed E-state index contributed by atoms with van der Waals surface area (Å²) in [5, 5.41) is 6.34. The molecule has 0 amide bonds. The van der Waals surface area contributed by atoms with Crippen molar-refractivity contribution in [1.29, 1.82) is 0 Å². The van der Waals surface area contributed by atoms with Crippen molar-refractivity contribution in [2.75, 3.05) is 13.6 Å². The van der Waals surface area contributed by atoms with Crippen molar-refractivity contribution in [2.45, 2.75) is 59.3 Å². The van der Waals surface area contributed by atoms with Crippen molar-refractivity contribution < 1.29 is 14.3 Å². The Balaban J connectivity index is 2.51. The Bertz CT molecular complexity index is 578. The molecule has 2 N–H and O–H groups in total. The van der Waals surface area contributed by atoms with Crippen LogP contribution in [0.4, 0.5) is 0 Å². The van der Waals surface area contributed by atoms with Gasteiger partial charge in [-0.3, -0.25) is 9.79 Å². The molecule has 0 aliphatic heterocycles. The molecule has 0 fully saturated rings. The highest BCUT2D eigenvalue weighted by Gasteiger charge is 2.14. The summed E-state index contributed by atoms with van der Waals surface area (Å²) in [6, 6.07) is 7.91. The second-order valence-corrected chi connectivity index (χ2v) is 6.96. The zero-order chi connectivity index (χ0) is 18.9. The quantitative estimate of drug-likeness (QED) is 0.450. The fourth-order valence-electron chi connectivity index (χ4n) is 2.08. The highest BCUT2D eigenvalue weighted by atomic mass is 16.5. The van der Waals surface area contributed by atoms with Crippen LogP contribution in [0.5, 0.6) is 5.75 Å². The second-order valence-electron chi connectivity index (χ2n) is 6.96. The Kier molecular flexibility index (Phi) is 8.25. The normalized spacial score (nSPS) is 12.0. The number of rotatable bonds is 7. The first-order chi connectivity index (χ1) is 11.7. The summed E-state index contributed by atoms with van der Waals surface area (Å²) >= 11 is 0. The molecule has 0 radical (unpaired) electrons. The Labute approximate surface area is 151 Å². The Hall–Kier alpha value is -2.24. The lowest BCUT2D eigenvalue weighted by Crippen LogP contribution is -2.38. The molecule has 25 heavy (non-hydrogen) atoms. The summed E-state index contributed by atoms with van der Waals surface area (Å²) in [5.74, 6) is 1.25. The van der Waals surface area contributed by atoms with Crippen LogP contribution in [-0.2, 0) is 16.1 Å². The highest BCUT2D eigenvalue weighted by Crippen LogP contribution is 2.22. The number of hydrogen-bond donors (Lipinski definition) is 2. The van der Waals surface area contributed by atoms with Gasteiger partial charge in [0.1, 0.15) is 11.4 Å². The van der Waals surface area contributed by atoms with E-state index in [1.807, 2.05) is 58.9 Å². The summed E-state index contributed by atoms with van der Waals surface area (Å²) in [5.41, 5.74) is 0.784. The molecule has 140 valence electrons. The minimum Gasteiger partial charge on any atom is -0.488 e. The van der Waals surface area contributed by atoms with Crippen LogP contribution in [0.25, 0.3) is 0 Å². The molecule has 1 rings (SSSR count). The van der Waals surface area contributed by atoms with Gasteiger partial charge in [0.25, 0.3) is 0 Å². The van der Waals surface area contributed by atoms with Crippen molar-refractivity contribution in [1.82, 2.24) is 10.6 Å². The molecule has 1 aromatic rings. The van der Waals surface area contributed by atoms with E-state index >= 15 is 0 Å². The first-order valence-electron chi connectivity index (χ1n) is 8.62. The minimum absolute atomic E-state index is 0.0933. The molecule has 0 bridgehead atoms. The third-order valence-corrected chi connectivity index (χ3v) is 3.05. The van der Waals surface area contributed by atoms with Gasteiger partial charge < -0.3 is 20.1 Å². The van der Waals surface area contributed by atoms with E-state index in [9.17, 15) is 4.79 Å². The molecule has 0 aliphatic rings. The van der Waals surface area contributed by atoms with Crippen LogP contribution in [0, 0.1) is 0 Å². The minimum atomic E-state index is -0.257. The van der Waals surface area contributed by atoms with E-state index in [2.05, 4.69) is 15.6 Å². The lowest BCUT2D eigenvalue weighted by Gasteiger charge is -2.23. The van der Waals surface area contributed by atoms with Gasteiger partial charge in [-0.15, -0.1) is 0 Å². The zero-order valence-corrected chi connectivity index (χ0v) is 16.2. The summed E-state index contributed by atoms with van der Waals surface area (Å²) in [7, 11) is 1.69. The van der Waals surface area contributed by atoms with Crippen molar-refractivity contribution >= 4 is 11.9 Å². The first-order valence-corrected chi connectivity index (χ1v) is 8.62. The number of benzene rings is 1. The summed E-state index contributed by atoms with van der Waals surface area (Å²) < 4.78 is 11.1. The van der Waals surface area contributed by atoms with E-state index in [1.54, 1.807) is 7.05 Å². The monoisotopic (exact) mass is 349 g/mol. The maximum Gasteiger partial charge on any atom is 0.307 e. The fraction of sp³-hybridized carbons (Fsp3) is 0.579. The van der Waals surface area contributed by atoms with Crippen LogP contribution in [0.3, 0.4) is 0 Å². The maximum absolute atomic E-state index is 11.5. The first kappa shape index (κ1) is 20.8. The molecule has 0 aliphatic carbocycles. The molecule has 6 nitrogen and oxygen atoms in total. The predicted octanol–water partition coefficient (Wildman–Crippen LogP) is 2.87. The van der Waals surface area contributed by atoms with Gasteiger partial charge in [-0.05, 0) is 40.7 Å². The standard InChI is InChI=1S/C19H31N3O3/c1-14(2)24-17(23)11-12-21-18(20-6)22-13-15-9-7-8-10-16(15)25-19(3,4)5/h7-10,14H,11-13H2,1-6H3,(H2,20,21,22). The lowest BCUT2D eigenvalue weighted by molar-refractivity contribution is -0.147. The number of carbonyl (C=O) groups is 1. The van der Waals surface area contributed by atoms with Crippen LogP contribution < -0.4 is 15.4 Å². The number of hydrogen-bond acceptors (Lipinski definition) is 4. The summed E-state index contributed by atoms with van der Waals surface area (Å²) in [4.78, 5) is 15.7. The molecule has 0 saturated carbocycles. The molecule has 0 spiro atoms. The van der Waals surface area contributed by atoms with Gasteiger partial charge in [0.15, 0.2) is 5.96 Å². The van der Waals surface area contributed by atoms with Crippen LogP contribution in [0.15, 0.2) is 29.3 Å². The van der Waals surface area contributed by atoms with Gasteiger partial charge in [-0.2, -0.15) is 0 Å². The third-order valence-electron chi connectivity index (χ3n) is 3.05. The average molecular weight is 349 g/mol. The zero-order valence-electron chi connectivity index (χ0n) is 16.2. The van der Waals surface area contributed by atoms with Gasteiger partial charge in [-0.1, -0.05) is 18.2 Å². The Morgan fingerprint density at radius 1 is 1.20 bits per heavy atom. The van der Waals surface area contributed by atoms with E-state index in [-0.39, 0.29) is 17.7 Å². The van der Waals surface area contributed by atoms with Gasteiger partial charge in [0, 0.05) is 25.7 Å². The van der Waals surface area contributed by atoms with Gasteiger partial charge in [0.2, 0.25) is 0 Å². The number of para-hydroxylation sites is 1. The molecule has 0 aromatic heterocycles. The Morgan fingerprint density at radius 2 is 1.88 bits per heavy atom. The number of guanidine groups is 1. The number of nitrogens with one attached hydrogen (secondary N) is 2. The Morgan fingerprint density at radius 3 is 2.48 bits per heavy atom. The van der Waals surface area contributed by atoms with E-state index in [0.29, 0.717) is 25.5 Å². The van der Waals surface area contributed by atoms with Gasteiger partial charge in [-0.25, -0.2) is 0 Å². The van der Waals surface area contributed by atoms with Crippen molar-refractivity contribution in [3.05, 3.63) is 29.8 Å². The molecule has 6 heteroatoms. The van der Waals surface area contributed by atoms with Gasteiger partial charge >= 0.3 is 5.97 Å². The number of carbonyl (C=O) groups excluding carboxylic acids is 1. The van der Waals surface area contributed by atoms with Crippen molar-refractivity contribution in [3.63, 3.8) is 0 Å². The summed E-state index contributed by atoms with van der Waals surface area (Å²) in [6.45, 7) is 10.8. The van der Waals surface area contributed by atoms with Crippen LogP contribution in [0.1, 0.15) is 46.6 Å². The van der Waals surface area contributed by atoms with Crippen LogP contribution in [-0.4, -0.2) is 37.2 Å². The highest BCUT2D eigenvalue weighted by molar-refractivity contribution is 5.80.